The average molecular weight is 250 g/mol. The molecule has 17 heavy (non-hydrogen) atoms. The molecule has 0 aromatic heterocycles. The van der Waals surface area contributed by atoms with Crippen LogP contribution in [0.15, 0.2) is 40.3 Å². The smallest absolute Gasteiger partial charge is 0.235 e. The second-order valence-electron chi connectivity index (χ2n) is 3.48. The van der Waals surface area contributed by atoms with Gasteiger partial charge in [0, 0.05) is 6.16 Å². The SMILES string of the molecule is O=C=NCP(=O)(CN=C=O)Cc1ccccc1. The normalized spacial score (nSPS) is 12.9. The topological polar surface area (TPSA) is 75.9 Å². The van der Waals surface area contributed by atoms with Crippen molar-refractivity contribution in [2.75, 3.05) is 12.6 Å². The van der Waals surface area contributed by atoms with Crippen LogP contribution in [0.25, 0.3) is 0 Å². The van der Waals surface area contributed by atoms with Gasteiger partial charge in [-0.1, -0.05) is 30.3 Å². The van der Waals surface area contributed by atoms with E-state index in [1.807, 2.05) is 30.3 Å². The van der Waals surface area contributed by atoms with Crippen LogP contribution in [0.3, 0.4) is 0 Å². The van der Waals surface area contributed by atoms with E-state index in [2.05, 4.69) is 9.98 Å². The Morgan fingerprint density at radius 2 is 1.53 bits per heavy atom. The zero-order valence-electron chi connectivity index (χ0n) is 9.07. The van der Waals surface area contributed by atoms with E-state index in [1.165, 1.54) is 12.2 Å². The van der Waals surface area contributed by atoms with Gasteiger partial charge in [0.2, 0.25) is 12.2 Å². The molecule has 0 unspecified atom stereocenters. The van der Waals surface area contributed by atoms with Crippen molar-refractivity contribution in [1.82, 2.24) is 0 Å². The largest absolute Gasteiger partial charge is 0.319 e. The Kier molecular flexibility index (Phi) is 5.25. The fourth-order valence-electron chi connectivity index (χ4n) is 1.38. The fraction of sp³-hybridized carbons (Fsp3) is 0.273. The van der Waals surface area contributed by atoms with Gasteiger partial charge < -0.3 is 4.57 Å². The highest BCUT2D eigenvalue weighted by Gasteiger charge is 2.22. The molecule has 5 nitrogen and oxygen atoms in total. The van der Waals surface area contributed by atoms with E-state index in [0.29, 0.717) is 0 Å². The van der Waals surface area contributed by atoms with E-state index in [0.717, 1.165) is 5.56 Å². The van der Waals surface area contributed by atoms with Crippen LogP contribution in [0.1, 0.15) is 5.56 Å². The third-order valence-corrected chi connectivity index (χ3v) is 4.35. The molecule has 0 saturated carbocycles. The lowest BCUT2D eigenvalue weighted by Crippen LogP contribution is -1.96. The molecule has 0 N–H and O–H groups in total. The molecule has 6 heteroatoms. The van der Waals surface area contributed by atoms with Gasteiger partial charge in [-0.25, -0.2) is 9.59 Å². The van der Waals surface area contributed by atoms with E-state index >= 15 is 0 Å². The maximum atomic E-state index is 12.4. The lowest BCUT2D eigenvalue weighted by Gasteiger charge is -2.12. The predicted octanol–water partition coefficient (Wildman–Crippen LogP) is 2.14. The quantitative estimate of drug-likeness (QED) is 0.441. The van der Waals surface area contributed by atoms with E-state index in [4.69, 9.17) is 0 Å². The summed E-state index contributed by atoms with van der Waals surface area (Å²) in [7, 11) is -2.83. The summed E-state index contributed by atoms with van der Waals surface area (Å²) in [6, 6.07) is 9.14. The van der Waals surface area contributed by atoms with Crippen LogP contribution in [0.5, 0.6) is 0 Å². The van der Waals surface area contributed by atoms with Crippen LogP contribution in [0.2, 0.25) is 0 Å². The second kappa shape index (κ2) is 6.72. The van der Waals surface area contributed by atoms with Crippen LogP contribution < -0.4 is 0 Å². The third-order valence-electron chi connectivity index (χ3n) is 2.10. The molecular formula is C11H11N2O3P. The lowest BCUT2D eigenvalue weighted by molar-refractivity contribution is 0.559. The first-order chi connectivity index (χ1) is 8.20. The third kappa shape index (κ3) is 4.71. The molecular weight excluding hydrogens is 239 g/mol. The summed E-state index contributed by atoms with van der Waals surface area (Å²) in [4.78, 5) is 26.8. The Bertz CT molecular complexity index is 479. The maximum Gasteiger partial charge on any atom is 0.235 e. The summed E-state index contributed by atoms with van der Waals surface area (Å²) in [5, 5.41) is 0. The van der Waals surface area contributed by atoms with Gasteiger partial charge in [-0.15, -0.1) is 0 Å². The molecule has 0 spiro atoms. The molecule has 0 fully saturated rings. The minimum Gasteiger partial charge on any atom is -0.319 e. The van der Waals surface area contributed by atoms with Gasteiger partial charge in [-0.2, -0.15) is 9.98 Å². The number of rotatable bonds is 6. The number of nitrogens with zero attached hydrogens (tertiary/aromatic N) is 2. The van der Waals surface area contributed by atoms with Gasteiger partial charge in [0.05, 0.1) is 0 Å². The van der Waals surface area contributed by atoms with Crippen molar-refractivity contribution in [3.63, 3.8) is 0 Å². The van der Waals surface area contributed by atoms with Crippen LogP contribution in [0.4, 0.5) is 0 Å². The highest BCUT2D eigenvalue weighted by atomic mass is 31.2. The molecule has 0 radical (unpaired) electrons. The van der Waals surface area contributed by atoms with E-state index in [9.17, 15) is 14.2 Å². The number of hydrogen-bond acceptors (Lipinski definition) is 5. The van der Waals surface area contributed by atoms with Gasteiger partial charge in [-0.05, 0) is 5.56 Å². The lowest BCUT2D eigenvalue weighted by atomic mass is 10.2. The van der Waals surface area contributed by atoms with E-state index < -0.39 is 7.14 Å². The highest BCUT2D eigenvalue weighted by molar-refractivity contribution is 7.63. The first kappa shape index (κ1) is 13.3. The summed E-state index contributed by atoms with van der Waals surface area (Å²) in [5.41, 5.74) is 0.859. The number of hydrogen-bond donors (Lipinski definition) is 0. The van der Waals surface area contributed by atoms with Gasteiger partial charge in [0.1, 0.15) is 19.7 Å². The number of benzene rings is 1. The Balaban J connectivity index is 2.86. The summed E-state index contributed by atoms with van der Waals surface area (Å²) < 4.78 is 12.4. The average Bonchev–Trinajstić information content (AvgIpc) is 2.35. The molecule has 0 heterocycles. The molecule has 0 atom stereocenters. The van der Waals surface area contributed by atoms with Crippen molar-refractivity contribution in [3.8, 4) is 0 Å². The number of carbonyl (C=O) groups excluding carboxylic acids is 2. The molecule has 1 aromatic carbocycles. The van der Waals surface area contributed by atoms with Crippen molar-refractivity contribution in [2.24, 2.45) is 9.98 Å². The van der Waals surface area contributed by atoms with Crippen LogP contribution >= 0.6 is 7.14 Å². The standard InChI is InChI=1S/C11H11N2O3P/c14-7-12-9-17(16,10-13-8-15)6-11-4-2-1-3-5-11/h1-5H,6,9-10H2. The van der Waals surface area contributed by atoms with Gasteiger partial charge in [0.15, 0.2) is 0 Å². The molecule has 1 rings (SSSR count). The minimum atomic E-state index is -2.83. The predicted molar refractivity (Wildman–Crippen MR) is 63.7 cm³/mol. The van der Waals surface area contributed by atoms with Gasteiger partial charge in [0.25, 0.3) is 0 Å². The van der Waals surface area contributed by atoms with Crippen LogP contribution in [-0.2, 0) is 20.3 Å². The Morgan fingerprint density at radius 1 is 1.00 bits per heavy atom. The minimum absolute atomic E-state index is 0.142. The van der Waals surface area contributed by atoms with Crippen molar-refractivity contribution >= 4 is 19.3 Å². The summed E-state index contributed by atoms with van der Waals surface area (Å²) >= 11 is 0. The first-order valence-electron chi connectivity index (χ1n) is 4.88. The molecule has 0 aliphatic carbocycles. The van der Waals surface area contributed by atoms with Crippen molar-refractivity contribution < 1.29 is 14.2 Å². The molecule has 0 aliphatic heterocycles. The Labute approximate surface area is 98.7 Å². The summed E-state index contributed by atoms with van der Waals surface area (Å²) in [6.07, 6.45) is 2.67. The molecule has 0 amide bonds. The van der Waals surface area contributed by atoms with Crippen molar-refractivity contribution in [1.29, 1.82) is 0 Å². The molecule has 0 saturated heterocycles. The number of isocyanates is 2. The molecule has 1 aromatic rings. The van der Waals surface area contributed by atoms with Crippen molar-refractivity contribution in [3.05, 3.63) is 35.9 Å². The Hall–Kier alpha value is -1.79. The van der Waals surface area contributed by atoms with Crippen LogP contribution in [0, 0.1) is 0 Å². The molecule has 88 valence electrons. The molecule has 0 bridgehead atoms. The van der Waals surface area contributed by atoms with Gasteiger partial charge >= 0.3 is 0 Å². The zero-order valence-corrected chi connectivity index (χ0v) is 9.97. The fourth-order valence-corrected chi connectivity index (χ4v) is 3.17. The first-order valence-corrected chi connectivity index (χ1v) is 7.15. The maximum absolute atomic E-state index is 12.4. The van der Waals surface area contributed by atoms with Crippen molar-refractivity contribution in [2.45, 2.75) is 6.16 Å². The zero-order chi connectivity index (χ0) is 12.6. The Morgan fingerprint density at radius 3 is 2.00 bits per heavy atom. The van der Waals surface area contributed by atoms with E-state index in [-0.39, 0.29) is 18.7 Å². The summed E-state index contributed by atoms with van der Waals surface area (Å²) in [6.45, 7) is 0. The second-order valence-corrected chi connectivity index (χ2v) is 6.48. The summed E-state index contributed by atoms with van der Waals surface area (Å²) in [5.74, 6) is 0. The number of aliphatic imine (C=N–C) groups is 2. The van der Waals surface area contributed by atoms with E-state index in [1.54, 1.807) is 0 Å². The van der Waals surface area contributed by atoms with Gasteiger partial charge in [-0.3, -0.25) is 0 Å². The highest BCUT2D eigenvalue weighted by Crippen LogP contribution is 2.48. The monoisotopic (exact) mass is 250 g/mol. The van der Waals surface area contributed by atoms with Crippen LogP contribution in [-0.4, -0.2) is 24.7 Å². The molecule has 0 aliphatic rings.